The highest BCUT2D eigenvalue weighted by Crippen LogP contribution is 2.30. The molecule has 2 unspecified atom stereocenters. The molecule has 2 rings (SSSR count). The minimum Gasteiger partial charge on any atom is -0.393 e. The van der Waals surface area contributed by atoms with Crippen LogP contribution in [0.3, 0.4) is 0 Å². The predicted octanol–water partition coefficient (Wildman–Crippen LogP) is 3.18. The van der Waals surface area contributed by atoms with Gasteiger partial charge < -0.3 is 5.11 Å². The molecule has 1 nitrogen and oxygen atoms in total. The molecule has 0 amide bonds. The first kappa shape index (κ1) is 10.9. The summed E-state index contributed by atoms with van der Waals surface area (Å²) >= 11 is 5.93. The SMILES string of the molecule is OC1CCCC1Cc1ccc(F)cc1Cl. The highest BCUT2D eigenvalue weighted by atomic mass is 35.5. The van der Waals surface area contributed by atoms with E-state index in [0.29, 0.717) is 5.02 Å². The Morgan fingerprint density at radius 3 is 2.80 bits per heavy atom. The summed E-state index contributed by atoms with van der Waals surface area (Å²) in [5.41, 5.74) is 0.934. The van der Waals surface area contributed by atoms with Crippen LogP contribution in [0.1, 0.15) is 24.8 Å². The molecule has 0 aromatic heterocycles. The fourth-order valence-corrected chi connectivity index (χ4v) is 2.47. The van der Waals surface area contributed by atoms with Crippen molar-refractivity contribution in [3.05, 3.63) is 34.6 Å². The van der Waals surface area contributed by atoms with Gasteiger partial charge in [0, 0.05) is 5.02 Å². The molecular weight excluding hydrogens is 215 g/mol. The Bertz CT molecular complexity index is 353. The van der Waals surface area contributed by atoms with Gasteiger partial charge in [-0.1, -0.05) is 24.1 Å². The van der Waals surface area contributed by atoms with Crippen LogP contribution in [0, 0.1) is 11.7 Å². The van der Waals surface area contributed by atoms with E-state index in [9.17, 15) is 9.50 Å². The average Bonchev–Trinajstić information content (AvgIpc) is 2.57. The van der Waals surface area contributed by atoms with Crippen molar-refractivity contribution in [2.24, 2.45) is 5.92 Å². The topological polar surface area (TPSA) is 20.2 Å². The van der Waals surface area contributed by atoms with Crippen LogP contribution in [-0.2, 0) is 6.42 Å². The molecule has 1 aliphatic carbocycles. The quantitative estimate of drug-likeness (QED) is 0.824. The van der Waals surface area contributed by atoms with Gasteiger partial charge in [-0.15, -0.1) is 0 Å². The summed E-state index contributed by atoms with van der Waals surface area (Å²) in [5, 5.41) is 10.1. The Balaban J connectivity index is 2.10. The lowest BCUT2D eigenvalue weighted by Crippen LogP contribution is -2.15. The predicted molar refractivity (Wildman–Crippen MR) is 58.5 cm³/mol. The van der Waals surface area contributed by atoms with Gasteiger partial charge in [0.05, 0.1) is 6.10 Å². The summed E-state index contributed by atoms with van der Waals surface area (Å²) in [6, 6.07) is 4.46. The molecular formula is C12H14ClFO. The van der Waals surface area contributed by atoms with Crippen LogP contribution in [0.5, 0.6) is 0 Å². The average molecular weight is 229 g/mol. The standard InChI is InChI=1S/C12H14ClFO/c13-11-7-10(14)5-4-8(11)6-9-2-1-3-12(9)15/h4-5,7,9,12,15H,1-3,6H2. The molecule has 0 spiro atoms. The van der Waals surface area contributed by atoms with E-state index in [-0.39, 0.29) is 17.8 Å². The lowest BCUT2D eigenvalue weighted by Gasteiger charge is -2.15. The zero-order chi connectivity index (χ0) is 10.8. The van der Waals surface area contributed by atoms with Crippen LogP contribution in [0.25, 0.3) is 0 Å². The van der Waals surface area contributed by atoms with Crippen LogP contribution in [0.15, 0.2) is 18.2 Å². The van der Waals surface area contributed by atoms with Gasteiger partial charge in [0.1, 0.15) is 5.82 Å². The smallest absolute Gasteiger partial charge is 0.124 e. The number of halogens is 2. The fourth-order valence-electron chi connectivity index (χ4n) is 2.23. The van der Waals surface area contributed by atoms with Crippen LogP contribution in [0.4, 0.5) is 4.39 Å². The molecule has 1 aromatic carbocycles. The van der Waals surface area contributed by atoms with E-state index in [4.69, 9.17) is 11.6 Å². The molecule has 1 fully saturated rings. The first-order chi connectivity index (χ1) is 7.16. The largest absolute Gasteiger partial charge is 0.393 e. The molecule has 0 heterocycles. The lowest BCUT2D eigenvalue weighted by atomic mass is 9.96. The van der Waals surface area contributed by atoms with Crippen LogP contribution >= 0.6 is 11.6 Å². The first-order valence-corrected chi connectivity index (χ1v) is 5.66. The van der Waals surface area contributed by atoms with Crippen molar-refractivity contribution in [2.75, 3.05) is 0 Å². The zero-order valence-corrected chi connectivity index (χ0v) is 9.17. The Labute approximate surface area is 93.9 Å². The maximum atomic E-state index is 12.8. The van der Waals surface area contributed by atoms with Gasteiger partial charge in [-0.25, -0.2) is 4.39 Å². The highest BCUT2D eigenvalue weighted by molar-refractivity contribution is 6.31. The molecule has 1 N–H and O–H groups in total. The summed E-state index contributed by atoms with van der Waals surface area (Å²) in [6.07, 6.45) is 3.52. The third kappa shape index (κ3) is 2.50. The molecule has 1 aliphatic rings. The van der Waals surface area contributed by atoms with Crippen LogP contribution < -0.4 is 0 Å². The number of benzene rings is 1. The maximum Gasteiger partial charge on any atom is 0.124 e. The van der Waals surface area contributed by atoms with E-state index in [1.54, 1.807) is 6.07 Å². The van der Waals surface area contributed by atoms with E-state index in [1.807, 2.05) is 0 Å². The van der Waals surface area contributed by atoms with E-state index in [0.717, 1.165) is 31.2 Å². The molecule has 1 saturated carbocycles. The molecule has 15 heavy (non-hydrogen) atoms. The normalized spacial score (nSPS) is 25.8. The molecule has 0 saturated heterocycles. The number of aliphatic hydroxyl groups is 1. The first-order valence-electron chi connectivity index (χ1n) is 5.29. The van der Waals surface area contributed by atoms with Gasteiger partial charge in [-0.05, 0) is 42.9 Å². The maximum absolute atomic E-state index is 12.8. The molecule has 0 bridgehead atoms. The van der Waals surface area contributed by atoms with Crippen molar-refractivity contribution >= 4 is 11.6 Å². The van der Waals surface area contributed by atoms with E-state index < -0.39 is 0 Å². The highest BCUT2D eigenvalue weighted by Gasteiger charge is 2.25. The Kier molecular flexibility index (Phi) is 3.27. The molecule has 1 aromatic rings. The zero-order valence-electron chi connectivity index (χ0n) is 8.42. The Hall–Kier alpha value is -0.600. The summed E-state index contributed by atoms with van der Waals surface area (Å²) in [5.74, 6) is -0.0244. The number of hydrogen-bond acceptors (Lipinski definition) is 1. The Morgan fingerprint density at radius 1 is 1.40 bits per heavy atom. The number of rotatable bonds is 2. The second-order valence-corrected chi connectivity index (χ2v) is 4.61. The van der Waals surface area contributed by atoms with Crippen molar-refractivity contribution in [2.45, 2.75) is 31.8 Å². The number of aliphatic hydroxyl groups excluding tert-OH is 1. The van der Waals surface area contributed by atoms with Gasteiger partial charge in [0.25, 0.3) is 0 Å². The van der Waals surface area contributed by atoms with Crippen molar-refractivity contribution in [1.29, 1.82) is 0 Å². The summed E-state index contributed by atoms with van der Waals surface area (Å²) in [7, 11) is 0. The van der Waals surface area contributed by atoms with E-state index >= 15 is 0 Å². The third-order valence-electron chi connectivity index (χ3n) is 3.12. The van der Waals surface area contributed by atoms with Crippen molar-refractivity contribution in [1.82, 2.24) is 0 Å². The van der Waals surface area contributed by atoms with E-state index in [2.05, 4.69) is 0 Å². The molecule has 3 heteroatoms. The van der Waals surface area contributed by atoms with Crippen molar-refractivity contribution in [3.8, 4) is 0 Å². The minimum atomic E-state index is -0.310. The van der Waals surface area contributed by atoms with Gasteiger partial charge in [0.2, 0.25) is 0 Å². The van der Waals surface area contributed by atoms with Gasteiger partial charge in [0.15, 0.2) is 0 Å². The second kappa shape index (κ2) is 4.50. The van der Waals surface area contributed by atoms with Gasteiger partial charge in [-0.2, -0.15) is 0 Å². The molecule has 0 aliphatic heterocycles. The minimum absolute atomic E-state index is 0.217. The van der Waals surface area contributed by atoms with Crippen molar-refractivity contribution in [3.63, 3.8) is 0 Å². The molecule has 0 radical (unpaired) electrons. The van der Waals surface area contributed by atoms with Crippen LogP contribution in [0.2, 0.25) is 5.02 Å². The van der Waals surface area contributed by atoms with Crippen molar-refractivity contribution < 1.29 is 9.50 Å². The Morgan fingerprint density at radius 2 is 2.20 bits per heavy atom. The molecule has 82 valence electrons. The summed E-state index contributed by atoms with van der Waals surface area (Å²) in [6.45, 7) is 0. The summed E-state index contributed by atoms with van der Waals surface area (Å²) in [4.78, 5) is 0. The second-order valence-electron chi connectivity index (χ2n) is 4.20. The van der Waals surface area contributed by atoms with Crippen LogP contribution in [-0.4, -0.2) is 11.2 Å². The third-order valence-corrected chi connectivity index (χ3v) is 3.47. The fraction of sp³-hybridized carbons (Fsp3) is 0.500. The van der Waals surface area contributed by atoms with E-state index in [1.165, 1.54) is 12.1 Å². The number of hydrogen-bond donors (Lipinski definition) is 1. The van der Waals surface area contributed by atoms with Gasteiger partial charge >= 0.3 is 0 Å². The van der Waals surface area contributed by atoms with Gasteiger partial charge in [-0.3, -0.25) is 0 Å². The summed E-state index contributed by atoms with van der Waals surface area (Å²) < 4.78 is 12.8. The lowest BCUT2D eigenvalue weighted by molar-refractivity contribution is 0.133. The molecule has 2 atom stereocenters. The monoisotopic (exact) mass is 228 g/mol.